The SMILES string of the molecule is COC(C)OCOC(CC[C@@H]1CN(OC)C(=O)O1)C1CCCCC1NC(=O)OC(C)(C)C. The summed E-state index contributed by atoms with van der Waals surface area (Å²) in [6, 6.07) is -0.0648. The molecule has 0 aromatic carbocycles. The summed E-state index contributed by atoms with van der Waals surface area (Å²) in [7, 11) is 3.01. The smallest absolute Gasteiger partial charge is 0.434 e. The Labute approximate surface area is 191 Å². The second kappa shape index (κ2) is 12.6. The summed E-state index contributed by atoms with van der Waals surface area (Å²) in [6.07, 6.45) is 3.39. The monoisotopic (exact) mass is 460 g/mol. The number of methoxy groups -OCH3 is 1. The third-order valence-electron chi connectivity index (χ3n) is 5.75. The maximum Gasteiger partial charge on any atom is 0.434 e. The van der Waals surface area contributed by atoms with E-state index in [2.05, 4.69) is 5.32 Å². The number of rotatable bonds is 11. The van der Waals surface area contributed by atoms with Crippen molar-refractivity contribution < 1.29 is 38.1 Å². The van der Waals surface area contributed by atoms with E-state index in [1.54, 1.807) is 14.0 Å². The average molecular weight is 461 g/mol. The van der Waals surface area contributed by atoms with Crippen LogP contribution in [0.1, 0.15) is 66.2 Å². The Morgan fingerprint density at radius 1 is 1.22 bits per heavy atom. The quantitative estimate of drug-likeness (QED) is 0.467. The molecule has 1 heterocycles. The van der Waals surface area contributed by atoms with Crippen LogP contribution in [0.4, 0.5) is 9.59 Å². The van der Waals surface area contributed by atoms with Crippen LogP contribution in [0.5, 0.6) is 0 Å². The predicted molar refractivity (Wildman–Crippen MR) is 116 cm³/mol. The van der Waals surface area contributed by atoms with Crippen molar-refractivity contribution >= 4 is 12.2 Å². The summed E-state index contributed by atoms with van der Waals surface area (Å²) < 4.78 is 27.6. The van der Waals surface area contributed by atoms with E-state index in [1.807, 2.05) is 20.8 Å². The van der Waals surface area contributed by atoms with Crippen molar-refractivity contribution in [1.82, 2.24) is 10.4 Å². The molecule has 0 bridgehead atoms. The van der Waals surface area contributed by atoms with Crippen LogP contribution in [0.2, 0.25) is 0 Å². The van der Waals surface area contributed by atoms with Gasteiger partial charge in [-0.3, -0.25) is 4.84 Å². The minimum Gasteiger partial charge on any atom is -0.444 e. The summed E-state index contributed by atoms with van der Waals surface area (Å²) in [6.45, 7) is 7.78. The number of carbonyl (C=O) groups is 2. The minimum absolute atomic E-state index is 0.0648. The third-order valence-corrected chi connectivity index (χ3v) is 5.75. The van der Waals surface area contributed by atoms with Gasteiger partial charge in [0.25, 0.3) is 0 Å². The van der Waals surface area contributed by atoms with E-state index in [0.717, 1.165) is 25.7 Å². The lowest BCUT2D eigenvalue weighted by atomic mass is 9.79. The number of hydrogen-bond acceptors (Lipinski definition) is 8. The molecule has 2 amide bonds. The number of hydroxylamine groups is 2. The van der Waals surface area contributed by atoms with Crippen LogP contribution in [-0.4, -0.2) is 74.9 Å². The molecule has 10 heteroatoms. The van der Waals surface area contributed by atoms with Crippen molar-refractivity contribution in [3.8, 4) is 0 Å². The fraction of sp³-hybridized carbons (Fsp3) is 0.909. The molecule has 1 aliphatic heterocycles. The molecule has 2 rings (SSSR count). The highest BCUT2D eigenvalue weighted by Crippen LogP contribution is 2.32. The molecule has 186 valence electrons. The molecule has 1 saturated carbocycles. The minimum atomic E-state index is -0.562. The summed E-state index contributed by atoms with van der Waals surface area (Å²) in [5.74, 6) is 0.0911. The summed E-state index contributed by atoms with van der Waals surface area (Å²) in [4.78, 5) is 29.2. The van der Waals surface area contributed by atoms with Crippen molar-refractivity contribution in [2.75, 3.05) is 27.6 Å². The number of alkyl carbamates (subject to hydrolysis) is 1. The Bertz CT molecular complexity index is 597. The first kappa shape index (κ1) is 26.6. The molecule has 4 unspecified atom stereocenters. The van der Waals surface area contributed by atoms with Gasteiger partial charge in [0.2, 0.25) is 0 Å². The highest BCUT2D eigenvalue weighted by molar-refractivity contribution is 5.68. The zero-order valence-corrected chi connectivity index (χ0v) is 20.3. The Kier molecular flexibility index (Phi) is 10.5. The van der Waals surface area contributed by atoms with Crippen molar-refractivity contribution in [3.63, 3.8) is 0 Å². The van der Waals surface area contributed by atoms with Crippen molar-refractivity contribution in [1.29, 1.82) is 0 Å². The van der Waals surface area contributed by atoms with Gasteiger partial charge in [-0.05, 0) is 53.4 Å². The van der Waals surface area contributed by atoms with Gasteiger partial charge in [0.15, 0.2) is 6.29 Å². The van der Waals surface area contributed by atoms with Gasteiger partial charge in [0, 0.05) is 19.1 Å². The fourth-order valence-corrected chi connectivity index (χ4v) is 4.10. The summed E-state index contributed by atoms with van der Waals surface area (Å²) >= 11 is 0. The Balaban J connectivity index is 2.01. The van der Waals surface area contributed by atoms with Gasteiger partial charge in [-0.15, -0.1) is 0 Å². The lowest BCUT2D eigenvalue weighted by Gasteiger charge is -2.38. The summed E-state index contributed by atoms with van der Waals surface area (Å²) in [5, 5.41) is 4.25. The number of carbonyl (C=O) groups excluding carboxylic acids is 2. The number of cyclic esters (lactones) is 1. The molecule has 2 fully saturated rings. The van der Waals surface area contributed by atoms with Crippen LogP contribution in [0.15, 0.2) is 0 Å². The molecular weight excluding hydrogens is 420 g/mol. The average Bonchev–Trinajstić information content (AvgIpc) is 3.09. The zero-order chi connectivity index (χ0) is 23.7. The van der Waals surface area contributed by atoms with E-state index in [0.29, 0.717) is 19.4 Å². The number of hydrogen-bond donors (Lipinski definition) is 1. The normalized spacial score (nSPS) is 25.9. The van der Waals surface area contributed by atoms with E-state index in [-0.39, 0.29) is 37.3 Å². The van der Waals surface area contributed by atoms with E-state index >= 15 is 0 Å². The van der Waals surface area contributed by atoms with Crippen LogP contribution in [-0.2, 0) is 28.5 Å². The Morgan fingerprint density at radius 2 is 1.94 bits per heavy atom. The molecular formula is C22H40N2O8. The highest BCUT2D eigenvalue weighted by Gasteiger charge is 2.37. The molecule has 1 saturated heterocycles. The first-order valence-corrected chi connectivity index (χ1v) is 11.4. The molecule has 0 radical (unpaired) electrons. The molecule has 5 atom stereocenters. The van der Waals surface area contributed by atoms with Gasteiger partial charge in [0.1, 0.15) is 18.5 Å². The lowest BCUT2D eigenvalue weighted by Crippen LogP contribution is -2.48. The number of nitrogens with zero attached hydrogens (tertiary/aromatic N) is 1. The van der Waals surface area contributed by atoms with E-state index in [9.17, 15) is 9.59 Å². The van der Waals surface area contributed by atoms with Crippen LogP contribution in [0.3, 0.4) is 0 Å². The zero-order valence-electron chi connectivity index (χ0n) is 20.3. The molecule has 10 nitrogen and oxygen atoms in total. The van der Waals surface area contributed by atoms with Crippen LogP contribution >= 0.6 is 0 Å². The third kappa shape index (κ3) is 8.73. The number of amides is 2. The van der Waals surface area contributed by atoms with Gasteiger partial charge in [-0.1, -0.05) is 12.8 Å². The number of nitrogens with one attached hydrogen (secondary N) is 1. The van der Waals surface area contributed by atoms with Gasteiger partial charge in [-0.2, -0.15) is 5.06 Å². The van der Waals surface area contributed by atoms with E-state index in [1.165, 1.54) is 12.2 Å². The van der Waals surface area contributed by atoms with Gasteiger partial charge >= 0.3 is 12.2 Å². The highest BCUT2D eigenvalue weighted by atomic mass is 16.7. The number of ether oxygens (including phenoxy) is 5. The molecule has 0 spiro atoms. The largest absolute Gasteiger partial charge is 0.444 e. The maximum absolute atomic E-state index is 12.4. The van der Waals surface area contributed by atoms with Crippen molar-refractivity contribution in [2.45, 2.75) is 96.4 Å². The van der Waals surface area contributed by atoms with Crippen LogP contribution < -0.4 is 5.32 Å². The Morgan fingerprint density at radius 3 is 2.56 bits per heavy atom. The second-order valence-electron chi connectivity index (χ2n) is 9.32. The van der Waals surface area contributed by atoms with Crippen LogP contribution in [0.25, 0.3) is 0 Å². The van der Waals surface area contributed by atoms with Crippen LogP contribution in [0, 0.1) is 5.92 Å². The summed E-state index contributed by atoms with van der Waals surface area (Å²) in [5.41, 5.74) is -0.562. The topological polar surface area (TPSA) is 105 Å². The first-order valence-electron chi connectivity index (χ1n) is 11.4. The molecule has 0 aromatic heterocycles. The molecule has 1 N–H and O–H groups in total. The fourth-order valence-electron chi connectivity index (χ4n) is 4.10. The maximum atomic E-state index is 12.4. The second-order valence-corrected chi connectivity index (χ2v) is 9.32. The van der Waals surface area contributed by atoms with Gasteiger partial charge in [0.05, 0.1) is 19.8 Å². The standard InChI is InChI=1S/C22H40N2O8/c1-15(27-5)29-14-30-19(12-11-16-13-24(28-6)21(26)31-16)17-9-7-8-10-18(17)23-20(25)32-22(2,3)4/h15-19H,7-14H2,1-6H3,(H,23,25)/t15?,16-,17?,18?,19?/m1/s1. The molecule has 1 aliphatic carbocycles. The Hall–Kier alpha value is -1.62. The first-order chi connectivity index (χ1) is 15.1. The van der Waals surface area contributed by atoms with E-state index in [4.69, 9.17) is 28.5 Å². The van der Waals surface area contributed by atoms with E-state index < -0.39 is 17.8 Å². The molecule has 32 heavy (non-hydrogen) atoms. The van der Waals surface area contributed by atoms with Crippen molar-refractivity contribution in [3.05, 3.63) is 0 Å². The molecule has 2 aliphatic rings. The lowest BCUT2D eigenvalue weighted by molar-refractivity contribution is -0.197. The molecule has 0 aromatic rings. The van der Waals surface area contributed by atoms with Gasteiger partial charge < -0.3 is 29.0 Å². The predicted octanol–water partition coefficient (Wildman–Crippen LogP) is 3.58. The van der Waals surface area contributed by atoms with Gasteiger partial charge in [-0.25, -0.2) is 9.59 Å². The van der Waals surface area contributed by atoms with Crippen molar-refractivity contribution in [2.24, 2.45) is 5.92 Å².